The monoisotopic (exact) mass is 260 g/mol. The molecule has 3 nitrogen and oxygen atoms in total. The summed E-state index contributed by atoms with van der Waals surface area (Å²) in [6.45, 7) is 0.843. The minimum Gasteiger partial charge on any atom is -0.224 e. The highest BCUT2D eigenvalue weighted by molar-refractivity contribution is 6.30. The average molecular weight is 261 g/mol. The minimum absolute atomic E-state index is 0.682. The summed E-state index contributed by atoms with van der Waals surface area (Å²) in [5.41, 5.74) is 1.23. The molecule has 4 heteroatoms. The second-order valence-electron chi connectivity index (χ2n) is 4.27. The van der Waals surface area contributed by atoms with Gasteiger partial charge in [-0.3, -0.25) is 0 Å². The lowest BCUT2D eigenvalue weighted by Gasteiger charge is -2.01. The van der Waals surface area contributed by atoms with E-state index in [0.29, 0.717) is 5.82 Å². The van der Waals surface area contributed by atoms with Crippen LogP contribution in [0.25, 0.3) is 0 Å². The SMILES string of the molecule is C[n+]1ccn(CCCc2cccc(Cl)c2)c1C#N. The summed E-state index contributed by atoms with van der Waals surface area (Å²) in [5, 5.41) is 9.81. The maximum atomic E-state index is 9.03. The van der Waals surface area contributed by atoms with Gasteiger partial charge >= 0.3 is 5.82 Å². The average Bonchev–Trinajstić information content (AvgIpc) is 2.70. The highest BCUT2D eigenvalue weighted by Crippen LogP contribution is 2.12. The minimum atomic E-state index is 0.682. The highest BCUT2D eigenvalue weighted by Gasteiger charge is 2.12. The fraction of sp³-hybridized carbons (Fsp3) is 0.286. The molecular formula is C14H15ClN3+. The van der Waals surface area contributed by atoms with Crippen LogP contribution in [0.4, 0.5) is 0 Å². The molecule has 0 aliphatic carbocycles. The van der Waals surface area contributed by atoms with Crippen LogP contribution in [0.1, 0.15) is 17.8 Å². The quantitative estimate of drug-likeness (QED) is 0.778. The van der Waals surface area contributed by atoms with E-state index in [4.69, 9.17) is 16.9 Å². The van der Waals surface area contributed by atoms with Crippen LogP contribution in [0.2, 0.25) is 5.02 Å². The Morgan fingerprint density at radius 1 is 1.44 bits per heavy atom. The van der Waals surface area contributed by atoms with E-state index in [9.17, 15) is 0 Å². The van der Waals surface area contributed by atoms with Crippen LogP contribution in [-0.4, -0.2) is 4.57 Å². The van der Waals surface area contributed by atoms with Crippen molar-refractivity contribution < 1.29 is 4.57 Å². The first kappa shape index (κ1) is 12.7. The number of hydrogen-bond donors (Lipinski definition) is 0. The van der Waals surface area contributed by atoms with Gasteiger partial charge in [0.15, 0.2) is 6.07 Å². The fourth-order valence-corrected chi connectivity index (χ4v) is 2.21. The molecule has 1 aromatic heterocycles. The molecule has 0 atom stereocenters. The van der Waals surface area contributed by atoms with Gasteiger partial charge < -0.3 is 0 Å². The lowest BCUT2D eigenvalue weighted by molar-refractivity contribution is -0.673. The zero-order valence-corrected chi connectivity index (χ0v) is 11.1. The number of imidazole rings is 1. The Kier molecular flexibility index (Phi) is 4.01. The van der Waals surface area contributed by atoms with Crippen molar-refractivity contribution in [2.45, 2.75) is 19.4 Å². The Balaban J connectivity index is 1.95. The van der Waals surface area contributed by atoms with Gasteiger partial charge in [0.05, 0.1) is 13.6 Å². The summed E-state index contributed by atoms with van der Waals surface area (Å²) in [6, 6.07) is 10.1. The second-order valence-corrected chi connectivity index (χ2v) is 4.71. The molecule has 2 aromatic rings. The number of benzene rings is 1. The summed E-state index contributed by atoms with van der Waals surface area (Å²) in [4.78, 5) is 0. The normalized spacial score (nSPS) is 10.3. The van der Waals surface area contributed by atoms with Gasteiger partial charge in [0, 0.05) is 5.02 Å². The van der Waals surface area contributed by atoms with Crippen molar-refractivity contribution in [1.29, 1.82) is 5.26 Å². The number of aryl methyl sites for hydroxylation is 3. The molecule has 1 aromatic carbocycles. The van der Waals surface area contributed by atoms with E-state index in [1.165, 1.54) is 5.56 Å². The van der Waals surface area contributed by atoms with Gasteiger partial charge in [0.2, 0.25) is 0 Å². The fourth-order valence-electron chi connectivity index (χ4n) is 1.99. The standard InChI is InChI=1S/C14H15ClN3/c1-17-8-9-18(14(17)11-16)7-3-5-12-4-2-6-13(15)10-12/h2,4,6,8-10H,3,5,7H2,1H3/q+1. The number of aromatic nitrogens is 2. The lowest BCUT2D eigenvalue weighted by atomic mass is 10.1. The summed E-state index contributed by atoms with van der Waals surface area (Å²) >= 11 is 5.94. The molecule has 0 aliphatic heterocycles. The third-order valence-electron chi connectivity index (χ3n) is 2.93. The smallest absolute Gasteiger partial charge is 0.224 e. The molecule has 0 unspecified atom stereocenters. The Hall–Kier alpha value is -1.79. The van der Waals surface area contributed by atoms with Crippen molar-refractivity contribution in [1.82, 2.24) is 4.57 Å². The van der Waals surface area contributed by atoms with E-state index in [1.54, 1.807) is 0 Å². The third kappa shape index (κ3) is 2.91. The van der Waals surface area contributed by atoms with E-state index < -0.39 is 0 Å². The van der Waals surface area contributed by atoms with Gasteiger partial charge in [0.25, 0.3) is 0 Å². The molecule has 1 heterocycles. The molecule has 0 fully saturated rings. The van der Waals surface area contributed by atoms with E-state index in [-0.39, 0.29) is 0 Å². The Labute approximate surface area is 112 Å². The zero-order valence-electron chi connectivity index (χ0n) is 10.3. The van der Waals surface area contributed by atoms with Crippen LogP contribution in [0.3, 0.4) is 0 Å². The molecule has 0 aliphatic rings. The van der Waals surface area contributed by atoms with Gasteiger partial charge in [0.1, 0.15) is 12.4 Å². The van der Waals surface area contributed by atoms with Crippen molar-refractivity contribution in [2.75, 3.05) is 0 Å². The van der Waals surface area contributed by atoms with Crippen molar-refractivity contribution in [3.05, 3.63) is 53.1 Å². The largest absolute Gasteiger partial charge is 0.361 e. The topological polar surface area (TPSA) is 32.6 Å². The molecule has 0 N–H and O–H groups in total. The molecular weight excluding hydrogens is 246 g/mol. The molecule has 0 saturated carbocycles. The number of halogens is 1. The van der Waals surface area contributed by atoms with Crippen molar-refractivity contribution in [3.63, 3.8) is 0 Å². The number of nitriles is 1. The summed E-state index contributed by atoms with van der Waals surface area (Å²) in [5.74, 6) is 0.682. The van der Waals surface area contributed by atoms with E-state index in [1.807, 2.05) is 46.8 Å². The van der Waals surface area contributed by atoms with Crippen LogP contribution in [0.5, 0.6) is 0 Å². The van der Waals surface area contributed by atoms with Crippen LogP contribution >= 0.6 is 11.6 Å². The summed E-state index contributed by atoms with van der Waals surface area (Å²) in [6.07, 6.45) is 5.80. The molecule has 0 amide bonds. The molecule has 0 bridgehead atoms. The van der Waals surface area contributed by atoms with Gasteiger partial charge in [-0.15, -0.1) is 0 Å². The summed E-state index contributed by atoms with van der Waals surface area (Å²) < 4.78 is 3.81. The van der Waals surface area contributed by atoms with Crippen molar-refractivity contribution in [2.24, 2.45) is 7.05 Å². The molecule has 0 saturated heterocycles. The zero-order chi connectivity index (χ0) is 13.0. The van der Waals surface area contributed by atoms with E-state index in [2.05, 4.69) is 12.1 Å². The van der Waals surface area contributed by atoms with E-state index in [0.717, 1.165) is 24.4 Å². The van der Waals surface area contributed by atoms with Gasteiger partial charge in [-0.05, 0) is 30.5 Å². The maximum Gasteiger partial charge on any atom is 0.361 e. The van der Waals surface area contributed by atoms with Gasteiger partial charge in [-0.1, -0.05) is 23.7 Å². The number of hydrogen-bond acceptors (Lipinski definition) is 1. The third-order valence-corrected chi connectivity index (χ3v) is 3.16. The number of rotatable bonds is 4. The molecule has 0 radical (unpaired) electrons. The van der Waals surface area contributed by atoms with E-state index >= 15 is 0 Å². The predicted molar refractivity (Wildman–Crippen MR) is 70.1 cm³/mol. The van der Waals surface area contributed by atoms with Crippen LogP contribution in [0.15, 0.2) is 36.7 Å². The predicted octanol–water partition coefficient (Wildman–Crippen LogP) is 2.47. The molecule has 18 heavy (non-hydrogen) atoms. The molecule has 0 spiro atoms. The molecule has 2 rings (SSSR count). The summed E-state index contributed by atoms with van der Waals surface area (Å²) in [7, 11) is 1.88. The maximum absolute atomic E-state index is 9.03. The van der Waals surface area contributed by atoms with Gasteiger partial charge in [-0.25, -0.2) is 9.13 Å². The van der Waals surface area contributed by atoms with Crippen LogP contribution in [0, 0.1) is 11.3 Å². The van der Waals surface area contributed by atoms with Gasteiger partial charge in [-0.2, -0.15) is 5.26 Å². The first-order valence-electron chi connectivity index (χ1n) is 5.90. The first-order chi connectivity index (χ1) is 8.70. The first-order valence-corrected chi connectivity index (χ1v) is 6.28. The number of nitrogens with zero attached hydrogens (tertiary/aromatic N) is 3. The van der Waals surface area contributed by atoms with Crippen molar-refractivity contribution >= 4 is 11.6 Å². The highest BCUT2D eigenvalue weighted by atomic mass is 35.5. The molecule has 92 valence electrons. The Morgan fingerprint density at radius 3 is 3.00 bits per heavy atom. The Bertz CT molecular complexity index is 581. The van der Waals surface area contributed by atoms with Crippen LogP contribution < -0.4 is 4.57 Å². The van der Waals surface area contributed by atoms with Crippen LogP contribution in [-0.2, 0) is 20.0 Å². The van der Waals surface area contributed by atoms with Crippen molar-refractivity contribution in [3.8, 4) is 6.07 Å². The Morgan fingerprint density at radius 2 is 2.28 bits per heavy atom. The lowest BCUT2D eigenvalue weighted by Crippen LogP contribution is -2.30. The second kappa shape index (κ2) is 5.70.